The van der Waals surface area contributed by atoms with Gasteiger partial charge in [0.25, 0.3) is 0 Å². The number of thioether (sulfide) groups is 2. The first-order valence-electron chi connectivity index (χ1n) is 10.3. The predicted molar refractivity (Wildman–Crippen MR) is 122 cm³/mol. The quantitative estimate of drug-likeness (QED) is 0.0673. The van der Waals surface area contributed by atoms with Crippen LogP contribution in [0, 0.1) is 29.1 Å². The van der Waals surface area contributed by atoms with Crippen LogP contribution in [0.25, 0.3) is 0 Å². The summed E-state index contributed by atoms with van der Waals surface area (Å²) in [6, 6.07) is 0. The van der Waals surface area contributed by atoms with E-state index < -0.39 is 50.6 Å². The molecule has 0 amide bonds. The molecule has 6 nitrogen and oxygen atoms in total. The van der Waals surface area contributed by atoms with Gasteiger partial charge in [-0.15, -0.1) is 0 Å². The Labute approximate surface area is 204 Å². The Morgan fingerprint density at radius 1 is 0.735 bits per heavy atom. The van der Waals surface area contributed by atoms with E-state index in [0.29, 0.717) is 50.1 Å². The van der Waals surface area contributed by atoms with E-state index >= 15 is 0 Å². The molecular weight excluding hydrogens is 527 g/mol. The van der Waals surface area contributed by atoms with E-state index in [1.54, 1.807) is 0 Å². The number of rotatable bonds is 18. The fourth-order valence-electron chi connectivity index (χ4n) is 2.36. The standard InChI is InChI=1S/C20H27F5O6S3/c1-2-12-34(27,28)13-11-33-10-7-30-5-4-29-6-9-32-8-3-14(26)31-20-18(24)16(22)15(21)17(23)19(20)25/h2-13H2,1H3. The smallest absolute Gasteiger partial charge is 0.312 e. The number of halogens is 5. The van der Waals surface area contributed by atoms with Crippen molar-refractivity contribution in [3.8, 4) is 5.75 Å². The second-order valence-electron chi connectivity index (χ2n) is 6.72. The number of sulfone groups is 1. The van der Waals surface area contributed by atoms with Gasteiger partial charge >= 0.3 is 5.97 Å². The SMILES string of the molecule is CCCS(=O)(=O)CCSCCOCCOCCSCCC(=O)Oc1c(F)c(F)c(F)c(F)c1F. The number of carbonyl (C=O) groups excluding carboxylic acids is 1. The topological polar surface area (TPSA) is 78.9 Å². The van der Waals surface area contributed by atoms with Gasteiger partial charge in [-0.3, -0.25) is 4.79 Å². The second kappa shape index (κ2) is 16.6. The summed E-state index contributed by atoms with van der Waals surface area (Å²) >= 11 is 2.79. The number of hydrogen-bond donors (Lipinski definition) is 0. The van der Waals surface area contributed by atoms with E-state index in [4.69, 9.17) is 9.47 Å². The molecule has 196 valence electrons. The molecule has 14 heteroatoms. The van der Waals surface area contributed by atoms with Crippen molar-refractivity contribution >= 4 is 39.3 Å². The minimum atomic E-state index is -2.95. The van der Waals surface area contributed by atoms with Gasteiger partial charge in [0, 0.05) is 28.8 Å². The van der Waals surface area contributed by atoms with Crippen molar-refractivity contribution < 1.29 is 49.4 Å². The number of hydrogen-bond acceptors (Lipinski definition) is 8. The highest BCUT2D eigenvalue weighted by Crippen LogP contribution is 2.29. The average Bonchev–Trinajstić information content (AvgIpc) is 2.79. The van der Waals surface area contributed by atoms with E-state index in [-0.39, 0.29) is 23.7 Å². The minimum absolute atomic E-state index is 0.168. The molecular formula is C20H27F5O6S3. The summed E-state index contributed by atoms with van der Waals surface area (Å²) in [4.78, 5) is 11.6. The molecule has 0 heterocycles. The van der Waals surface area contributed by atoms with Gasteiger partial charge in [0.15, 0.2) is 9.84 Å². The van der Waals surface area contributed by atoms with Gasteiger partial charge in [0.2, 0.25) is 34.8 Å². The van der Waals surface area contributed by atoms with Crippen LogP contribution in [0.3, 0.4) is 0 Å². The molecule has 0 fully saturated rings. The van der Waals surface area contributed by atoms with Gasteiger partial charge in [0.05, 0.1) is 38.6 Å². The van der Waals surface area contributed by atoms with Crippen LogP contribution < -0.4 is 4.74 Å². The fourth-order valence-corrected chi connectivity index (χ4v) is 5.86. The summed E-state index contributed by atoms with van der Waals surface area (Å²) in [5, 5.41) is 0. The number of carbonyl (C=O) groups is 1. The largest absolute Gasteiger partial charge is 0.420 e. The van der Waals surface area contributed by atoms with Gasteiger partial charge in [-0.05, 0) is 6.42 Å². The molecule has 0 saturated heterocycles. The van der Waals surface area contributed by atoms with Crippen LogP contribution >= 0.6 is 23.5 Å². The van der Waals surface area contributed by atoms with Gasteiger partial charge in [-0.25, -0.2) is 21.6 Å². The molecule has 1 aromatic rings. The Hall–Kier alpha value is -1.09. The molecule has 0 aromatic heterocycles. The zero-order valence-corrected chi connectivity index (χ0v) is 21.0. The summed E-state index contributed by atoms with van der Waals surface area (Å²) in [5.74, 6) is -11.6. The number of esters is 1. The van der Waals surface area contributed by atoms with Crippen LogP contribution in [0.2, 0.25) is 0 Å². The van der Waals surface area contributed by atoms with Crippen molar-refractivity contribution in [3.05, 3.63) is 29.1 Å². The van der Waals surface area contributed by atoms with Gasteiger partial charge < -0.3 is 14.2 Å². The maximum absolute atomic E-state index is 13.5. The predicted octanol–water partition coefficient (Wildman–Crippen LogP) is 4.00. The third-order valence-electron chi connectivity index (χ3n) is 4.01. The van der Waals surface area contributed by atoms with Crippen molar-refractivity contribution in [2.75, 3.05) is 60.9 Å². The molecule has 34 heavy (non-hydrogen) atoms. The lowest BCUT2D eigenvalue weighted by atomic mass is 10.2. The Morgan fingerprint density at radius 3 is 1.76 bits per heavy atom. The second-order valence-corrected chi connectivity index (χ2v) is 11.5. The highest BCUT2D eigenvalue weighted by Gasteiger charge is 2.28. The van der Waals surface area contributed by atoms with Crippen molar-refractivity contribution in [1.82, 2.24) is 0 Å². The molecule has 1 rings (SSSR count). The Morgan fingerprint density at radius 2 is 1.24 bits per heavy atom. The van der Waals surface area contributed by atoms with Crippen molar-refractivity contribution in [3.63, 3.8) is 0 Å². The molecule has 0 spiro atoms. The van der Waals surface area contributed by atoms with Crippen LogP contribution in [0.5, 0.6) is 5.75 Å². The molecule has 0 aliphatic rings. The zero-order valence-electron chi connectivity index (χ0n) is 18.5. The summed E-state index contributed by atoms with van der Waals surface area (Å²) < 4.78 is 104. The summed E-state index contributed by atoms with van der Waals surface area (Å²) in [6.45, 7) is 3.37. The average molecular weight is 555 g/mol. The fraction of sp³-hybridized carbons (Fsp3) is 0.650. The number of benzene rings is 1. The Bertz CT molecular complexity index is 857. The first kappa shape index (κ1) is 30.9. The summed E-state index contributed by atoms with van der Waals surface area (Å²) in [5.41, 5.74) is 0. The molecule has 0 N–H and O–H groups in total. The van der Waals surface area contributed by atoms with Crippen LogP contribution in [0.4, 0.5) is 22.0 Å². The van der Waals surface area contributed by atoms with Crippen molar-refractivity contribution in [2.45, 2.75) is 19.8 Å². The molecule has 0 unspecified atom stereocenters. The first-order chi connectivity index (χ1) is 16.1. The monoisotopic (exact) mass is 554 g/mol. The van der Waals surface area contributed by atoms with Gasteiger partial charge in [0.1, 0.15) is 0 Å². The minimum Gasteiger partial charge on any atom is -0.420 e. The molecule has 0 saturated carbocycles. The van der Waals surface area contributed by atoms with E-state index in [9.17, 15) is 35.2 Å². The first-order valence-corrected chi connectivity index (χ1v) is 14.5. The molecule has 1 aromatic carbocycles. The van der Waals surface area contributed by atoms with Crippen molar-refractivity contribution in [2.24, 2.45) is 0 Å². The molecule has 0 aliphatic carbocycles. The van der Waals surface area contributed by atoms with Crippen LogP contribution in [-0.4, -0.2) is 75.3 Å². The zero-order chi connectivity index (χ0) is 25.6. The molecule has 0 bridgehead atoms. The van der Waals surface area contributed by atoms with Crippen LogP contribution in [0.1, 0.15) is 19.8 Å². The summed E-state index contributed by atoms with van der Waals surface area (Å²) in [6.07, 6.45) is 0.316. The van der Waals surface area contributed by atoms with E-state index in [1.165, 1.54) is 23.5 Å². The van der Waals surface area contributed by atoms with E-state index in [0.717, 1.165) is 0 Å². The Kier molecular flexibility index (Phi) is 15.1. The molecule has 0 radical (unpaired) electrons. The lowest BCUT2D eigenvalue weighted by Crippen LogP contribution is -2.14. The van der Waals surface area contributed by atoms with Crippen molar-refractivity contribution in [1.29, 1.82) is 0 Å². The maximum atomic E-state index is 13.5. The Balaban J connectivity index is 2.03. The van der Waals surface area contributed by atoms with E-state index in [1.807, 2.05) is 6.92 Å². The number of ether oxygens (including phenoxy) is 3. The van der Waals surface area contributed by atoms with Crippen LogP contribution in [0.15, 0.2) is 0 Å². The van der Waals surface area contributed by atoms with Crippen LogP contribution in [-0.2, 0) is 24.1 Å². The normalized spacial score (nSPS) is 11.7. The molecule has 0 atom stereocenters. The highest BCUT2D eigenvalue weighted by atomic mass is 32.2. The van der Waals surface area contributed by atoms with Gasteiger partial charge in [-0.1, -0.05) is 6.92 Å². The summed E-state index contributed by atoms with van der Waals surface area (Å²) in [7, 11) is -2.95. The lowest BCUT2D eigenvalue weighted by Gasteiger charge is -2.09. The lowest BCUT2D eigenvalue weighted by molar-refractivity contribution is -0.134. The van der Waals surface area contributed by atoms with E-state index in [2.05, 4.69) is 4.74 Å². The third kappa shape index (κ3) is 11.6. The molecule has 0 aliphatic heterocycles. The highest BCUT2D eigenvalue weighted by molar-refractivity contribution is 8.00. The third-order valence-corrected chi connectivity index (χ3v) is 8.02. The van der Waals surface area contributed by atoms with Gasteiger partial charge in [-0.2, -0.15) is 32.3 Å². The maximum Gasteiger partial charge on any atom is 0.312 e.